The summed E-state index contributed by atoms with van der Waals surface area (Å²) in [5.41, 5.74) is 4.67. The van der Waals surface area contributed by atoms with E-state index in [1.165, 1.54) is 11.1 Å². The highest BCUT2D eigenvalue weighted by Crippen LogP contribution is 2.22. The smallest absolute Gasteiger partial charge is 0.244 e. The lowest BCUT2D eigenvalue weighted by Crippen LogP contribution is -3.00. The van der Waals surface area contributed by atoms with E-state index in [0.29, 0.717) is 22.9 Å². The maximum absolute atomic E-state index is 13.2. The third-order valence-corrected chi connectivity index (χ3v) is 8.30. The molecule has 8 bridgehead atoms. The number of fused-ring (bicyclic) bond motifs is 2. The van der Waals surface area contributed by atoms with Crippen LogP contribution in [-0.2, 0) is 36.0 Å². The van der Waals surface area contributed by atoms with Gasteiger partial charge in [-0.1, -0.05) is 48.5 Å². The first kappa shape index (κ1) is 27.0. The molecule has 0 amide bonds. The summed E-state index contributed by atoms with van der Waals surface area (Å²) in [4.78, 5) is 0.621. The van der Waals surface area contributed by atoms with Gasteiger partial charge in [0.2, 0.25) is 22.5 Å². The van der Waals surface area contributed by atoms with Gasteiger partial charge < -0.3 is 34.0 Å². The van der Waals surface area contributed by atoms with Crippen molar-refractivity contribution in [3.8, 4) is 0 Å². The molecule has 3 aromatic carbocycles. The van der Waals surface area contributed by atoms with E-state index < -0.39 is 9.84 Å². The topological polar surface area (TPSA) is 51.8 Å². The summed E-state index contributed by atoms with van der Waals surface area (Å²) in [6.45, 7) is 2.92. The molecule has 190 valence electrons. The zero-order valence-electron chi connectivity index (χ0n) is 20.0. The molecule has 0 aliphatic carbocycles. The molecule has 0 spiro atoms. The Morgan fingerprint density at radius 1 is 0.595 bits per heavy atom. The Balaban J connectivity index is 0.00000160. The average Bonchev–Trinajstić information content (AvgIpc) is 3.49. The standard InChI is InChI=1S/C28H26N4O2S.2BrH/c33-35(34)27-9-5-23(6-10-27)17-29-13-15-31(21-29)19-25-3-1-2-4-26(25)20-32-16-14-30(22-32)18-24-7-11-28(35)12-8-24;;/h1-16,21-22H,17-20H2;2*1H/q+2;;/p-2. The van der Waals surface area contributed by atoms with Crippen molar-refractivity contribution in [2.24, 2.45) is 0 Å². The number of halogens is 2. The first-order valence-electron chi connectivity index (χ1n) is 11.6. The van der Waals surface area contributed by atoms with Crippen molar-refractivity contribution in [2.75, 3.05) is 0 Å². The van der Waals surface area contributed by atoms with Crippen molar-refractivity contribution in [1.29, 1.82) is 0 Å². The maximum Gasteiger partial charge on any atom is 0.244 e. The van der Waals surface area contributed by atoms with Crippen LogP contribution in [0.1, 0.15) is 22.3 Å². The van der Waals surface area contributed by atoms with E-state index in [9.17, 15) is 8.42 Å². The summed E-state index contributed by atoms with van der Waals surface area (Å²) >= 11 is 0. The van der Waals surface area contributed by atoms with Gasteiger partial charge in [-0.05, 0) is 35.4 Å². The fraction of sp³-hybridized carbons (Fsp3) is 0.143. The summed E-state index contributed by atoms with van der Waals surface area (Å²) in [7, 11) is -3.56. The Morgan fingerprint density at radius 2 is 1.00 bits per heavy atom. The van der Waals surface area contributed by atoms with E-state index in [-0.39, 0.29) is 34.0 Å². The fourth-order valence-electron chi connectivity index (χ4n) is 4.62. The van der Waals surface area contributed by atoms with E-state index in [0.717, 1.165) is 24.2 Å². The van der Waals surface area contributed by atoms with E-state index in [4.69, 9.17) is 0 Å². The Kier molecular flexibility index (Phi) is 8.16. The monoisotopic (exact) mass is 640 g/mol. The molecule has 3 aliphatic rings. The van der Waals surface area contributed by atoms with Gasteiger partial charge in [-0.3, -0.25) is 0 Å². The summed E-state index contributed by atoms with van der Waals surface area (Å²) in [6, 6.07) is 22.9. The number of nitrogens with zero attached hydrogens (tertiary/aromatic N) is 4. The zero-order chi connectivity index (χ0) is 23.8. The molecule has 8 rings (SSSR count). The normalized spacial score (nSPS) is 14.1. The minimum atomic E-state index is -3.56. The molecule has 37 heavy (non-hydrogen) atoms. The maximum atomic E-state index is 13.2. The van der Waals surface area contributed by atoms with Gasteiger partial charge in [-0.15, -0.1) is 0 Å². The van der Waals surface area contributed by atoms with Gasteiger partial charge in [0.05, 0.1) is 9.79 Å². The van der Waals surface area contributed by atoms with Gasteiger partial charge in [-0.2, -0.15) is 0 Å². The second-order valence-electron chi connectivity index (χ2n) is 9.08. The quantitative estimate of drug-likeness (QED) is 0.169. The highest BCUT2D eigenvalue weighted by Gasteiger charge is 2.18. The van der Waals surface area contributed by atoms with Crippen molar-refractivity contribution in [3.63, 3.8) is 0 Å². The predicted octanol–water partition coefficient (Wildman–Crippen LogP) is -2.79. The van der Waals surface area contributed by atoms with E-state index in [2.05, 4.69) is 80.0 Å². The number of benzene rings is 3. The third kappa shape index (κ3) is 5.79. The van der Waals surface area contributed by atoms with Gasteiger partial charge in [0.25, 0.3) is 0 Å². The van der Waals surface area contributed by atoms with Crippen LogP contribution in [-0.4, -0.2) is 17.6 Å². The molecular weight excluding hydrogens is 616 g/mol. The molecule has 3 aliphatic heterocycles. The minimum Gasteiger partial charge on any atom is -1.00 e. The van der Waals surface area contributed by atoms with Crippen molar-refractivity contribution >= 4 is 9.84 Å². The minimum absolute atomic E-state index is 0. The molecular formula is C28H26Br2N4O2S. The molecule has 9 heteroatoms. The molecule has 5 aromatic rings. The van der Waals surface area contributed by atoms with Crippen LogP contribution >= 0.6 is 0 Å². The summed E-state index contributed by atoms with van der Waals surface area (Å²) in [6.07, 6.45) is 12.4. The number of aromatic nitrogens is 4. The molecule has 0 saturated carbocycles. The average molecular weight is 642 g/mol. The lowest BCUT2D eigenvalue weighted by atomic mass is 10.1. The van der Waals surface area contributed by atoms with Gasteiger partial charge in [0, 0.05) is 11.1 Å². The predicted molar refractivity (Wildman–Crippen MR) is 130 cm³/mol. The van der Waals surface area contributed by atoms with Crippen LogP contribution in [0.15, 0.2) is 120 Å². The van der Waals surface area contributed by atoms with Crippen molar-refractivity contribution in [3.05, 3.63) is 132 Å². The molecule has 0 radical (unpaired) electrons. The van der Waals surface area contributed by atoms with E-state index in [1.807, 2.05) is 24.3 Å². The van der Waals surface area contributed by atoms with Gasteiger partial charge in [0.15, 0.2) is 0 Å². The molecule has 6 nitrogen and oxygen atoms in total. The largest absolute Gasteiger partial charge is 1.00 e. The SMILES string of the molecule is O=S1(=O)c2ccc(cc2)C[n+]2ccn(c2)Cc2ccccc2Cn2cc[n+](c2)Cc2ccc1cc2.[Br-].[Br-]. The first-order chi connectivity index (χ1) is 17.0. The van der Waals surface area contributed by atoms with Crippen LogP contribution in [0, 0.1) is 0 Å². The van der Waals surface area contributed by atoms with E-state index >= 15 is 0 Å². The lowest BCUT2D eigenvalue weighted by molar-refractivity contribution is -0.688. The van der Waals surface area contributed by atoms with Crippen LogP contribution in [0.2, 0.25) is 0 Å². The third-order valence-electron chi connectivity index (χ3n) is 6.51. The van der Waals surface area contributed by atoms with Crippen molar-refractivity contribution in [1.82, 2.24) is 9.13 Å². The van der Waals surface area contributed by atoms with Crippen molar-refractivity contribution in [2.45, 2.75) is 36.0 Å². The lowest BCUT2D eigenvalue weighted by Gasteiger charge is -2.07. The Hall–Kier alpha value is -3.01. The summed E-state index contributed by atoms with van der Waals surface area (Å²) in [5.74, 6) is 0. The summed E-state index contributed by atoms with van der Waals surface area (Å²) in [5, 5.41) is 0. The highest BCUT2D eigenvalue weighted by atomic mass is 79.9. The molecule has 2 aromatic heterocycles. The number of sulfone groups is 1. The summed E-state index contributed by atoms with van der Waals surface area (Å²) < 4.78 is 34.9. The van der Waals surface area contributed by atoms with Crippen LogP contribution in [0.3, 0.4) is 0 Å². The van der Waals surface area contributed by atoms with Crippen LogP contribution in [0.5, 0.6) is 0 Å². The van der Waals surface area contributed by atoms with Gasteiger partial charge >= 0.3 is 0 Å². The second kappa shape index (κ2) is 11.2. The van der Waals surface area contributed by atoms with Crippen LogP contribution in [0.4, 0.5) is 0 Å². The molecule has 0 atom stereocenters. The number of rotatable bonds is 0. The molecule has 5 heterocycles. The zero-order valence-corrected chi connectivity index (χ0v) is 24.0. The molecule has 0 unspecified atom stereocenters. The van der Waals surface area contributed by atoms with Crippen LogP contribution in [0.25, 0.3) is 0 Å². The number of hydrogen-bond acceptors (Lipinski definition) is 2. The van der Waals surface area contributed by atoms with E-state index in [1.54, 1.807) is 24.3 Å². The Morgan fingerprint density at radius 3 is 1.41 bits per heavy atom. The Bertz CT molecular complexity index is 1490. The fourth-order valence-corrected chi connectivity index (χ4v) is 5.88. The first-order valence-corrected chi connectivity index (χ1v) is 13.1. The Labute approximate surface area is 237 Å². The number of imidazole rings is 2. The van der Waals surface area contributed by atoms with Crippen molar-refractivity contribution < 1.29 is 51.5 Å². The highest BCUT2D eigenvalue weighted by molar-refractivity contribution is 7.91. The molecule has 0 fully saturated rings. The van der Waals surface area contributed by atoms with Crippen LogP contribution < -0.4 is 43.1 Å². The molecule has 0 N–H and O–H groups in total. The second-order valence-corrected chi connectivity index (χ2v) is 11.0. The van der Waals surface area contributed by atoms with Gasteiger partial charge in [-0.25, -0.2) is 26.7 Å². The number of hydrogen-bond donors (Lipinski definition) is 0. The van der Waals surface area contributed by atoms with Gasteiger partial charge in [0.1, 0.15) is 51.0 Å². The molecule has 0 saturated heterocycles.